The van der Waals surface area contributed by atoms with Crippen molar-refractivity contribution < 1.29 is 13.9 Å². The van der Waals surface area contributed by atoms with E-state index in [1.165, 1.54) is 28.9 Å². The van der Waals surface area contributed by atoms with E-state index in [1.54, 1.807) is 16.6 Å². The summed E-state index contributed by atoms with van der Waals surface area (Å²) in [5.41, 5.74) is 0.374. The fourth-order valence-corrected chi connectivity index (χ4v) is 3.50. The Balaban J connectivity index is 1.69. The molecule has 1 aliphatic rings. The van der Waals surface area contributed by atoms with Crippen molar-refractivity contribution >= 4 is 5.91 Å². The number of rotatable bonds is 6. The number of amides is 1. The summed E-state index contributed by atoms with van der Waals surface area (Å²) in [5.74, 6) is 0.477. The van der Waals surface area contributed by atoms with E-state index < -0.39 is 0 Å². The lowest BCUT2D eigenvalue weighted by molar-refractivity contribution is 0.0710. The zero-order valence-corrected chi connectivity index (χ0v) is 15.7. The van der Waals surface area contributed by atoms with Gasteiger partial charge in [0.15, 0.2) is 0 Å². The Morgan fingerprint density at radius 1 is 1.26 bits per heavy atom. The van der Waals surface area contributed by atoms with Crippen LogP contribution >= 0.6 is 0 Å². The van der Waals surface area contributed by atoms with Crippen molar-refractivity contribution in [2.45, 2.75) is 38.8 Å². The average Bonchev–Trinajstić information content (AvgIpc) is 3.02. The van der Waals surface area contributed by atoms with E-state index in [0.717, 1.165) is 18.7 Å². The quantitative estimate of drug-likeness (QED) is 0.772. The summed E-state index contributed by atoms with van der Waals surface area (Å²) in [6.07, 6.45) is 1.49. The van der Waals surface area contributed by atoms with Crippen LogP contribution in [0.2, 0.25) is 0 Å². The molecule has 3 rings (SSSR count). The molecule has 7 nitrogen and oxygen atoms in total. The largest absolute Gasteiger partial charge is 0.383 e. The molecule has 0 unspecified atom stereocenters. The van der Waals surface area contributed by atoms with Gasteiger partial charge < -0.3 is 9.64 Å². The summed E-state index contributed by atoms with van der Waals surface area (Å²) in [6.45, 7) is 4.53. The first-order valence-corrected chi connectivity index (χ1v) is 9.26. The normalized spacial score (nSPS) is 15.3. The second-order valence-electron chi connectivity index (χ2n) is 6.67. The van der Waals surface area contributed by atoms with Gasteiger partial charge in [-0.2, -0.15) is 5.10 Å². The summed E-state index contributed by atoms with van der Waals surface area (Å²) in [4.78, 5) is 26.8. The van der Waals surface area contributed by atoms with Gasteiger partial charge in [0.1, 0.15) is 11.6 Å². The van der Waals surface area contributed by atoms with Gasteiger partial charge in [-0.05, 0) is 44.0 Å². The third kappa shape index (κ3) is 4.10. The molecule has 1 aromatic heterocycles. The number of likely N-dealkylation sites (tertiary alicyclic amines) is 1. The standard InChI is InChI=1S/C19H25FN4O3/c1-3-23-17(21-24(19(23)26)12-13-27-2)14-8-10-22(11-9-14)18(25)15-4-6-16(20)7-5-15/h4-7,14H,3,8-13H2,1-2H3. The maximum Gasteiger partial charge on any atom is 0.345 e. The second-order valence-corrected chi connectivity index (χ2v) is 6.67. The maximum absolute atomic E-state index is 13.0. The summed E-state index contributed by atoms with van der Waals surface area (Å²) >= 11 is 0. The van der Waals surface area contributed by atoms with Gasteiger partial charge in [-0.15, -0.1) is 0 Å². The number of carbonyl (C=O) groups is 1. The lowest BCUT2D eigenvalue weighted by atomic mass is 9.95. The molecular formula is C19H25FN4O3. The molecule has 2 heterocycles. The molecule has 146 valence electrons. The SMILES string of the molecule is CCn1c(C2CCN(C(=O)c3ccc(F)cc3)CC2)nn(CCOC)c1=O. The van der Waals surface area contributed by atoms with Gasteiger partial charge in [0.25, 0.3) is 5.91 Å². The predicted molar refractivity (Wildman–Crippen MR) is 98.3 cm³/mol. The number of methoxy groups -OCH3 is 1. The fourth-order valence-electron chi connectivity index (χ4n) is 3.50. The Labute approximate surface area is 157 Å². The molecule has 0 saturated carbocycles. The molecule has 1 fully saturated rings. The molecule has 1 aromatic carbocycles. The van der Waals surface area contributed by atoms with Crippen LogP contribution in [-0.4, -0.2) is 52.0 Å². The molecule has 0 atom stereocenters. The lowest BCUT2D eigenvalue weighted by Gasteiger charge is -2.31. The summed E-state index contributed by atoms with van der Waals surface area (Å²) in [5, 5.41) is 4.52. The number of carbonyl (C=O) groups excluding carboxylic acids is 1. The van der Waals surface area contributed by atoms with Crippen molar-refractivity contribution in [2.24, 2.45) is 0 Å². The number of piperidine rings is 1. The highest BCUT2D eigenvalue weighted by atomic mass is 19.1. The highest BCUT2D eigenvalue weighted by Crippen LogP contribution is 2.27. The Morgan fingerprint density at radius 3 is 2.52 bits per heavy atom. The van der Waals surface area contributed by atoms with E-state index in [0.29, 0.717) is 38.3 Å². The smallest absolute Gasteiger partial charge is 0.345 e. The molecule has 1 aliphatic heterocycles. The Kier molecular flexibility index (Phi) is 6.05. The van der Waals surface area contributed by atoms with Crippen LogP contribution in [0.25, 0.3) is 0 Å². The first-order chi connectivity index (χ1) is 13.0. The monoisotopic (exact) mass is 376 g/mol. The number of benzene rings is 1. The van der Waals surface area contributed by atoms with Crippen molar-refractivity contribution in [3.8, 4) is 0 Å². The van der Waals surface area contributed by atoms with E-state index in [9.17, 15) is 14.0 Å². The predicted octanol–water partition coefficient (Wildman–Crippen LogP) is 1.87. The highest BCUT2D eigenvalue weighted by molar-refractivity contribution is 5.94. The zero-order chi connectivity index (χ0) is 19.4. The van der Waals surface area contributed by atoms with Crippen LogP contribution in [-0.2, 0) is 17.8 Å². The molecule has 8 heteroatoms. The van der Waals surface area contributed by atoms with Gasteiger partial charge in [0, 0.05) is 38.2 Å². The molecular weight excluding hydrogens is 351 g/mol. The Hall–Kier alpha value is -2.48. The van der Waals surface area contributed by atoms with Crippen molar-refractivity contribution in [2.75, 3.05) is 26.8 Å². The van der Waals surface area contributed by atoms with E-state index >= 15 is 0 Å². The first kappa shape index (κ1) is 19.3. The van der Waals surface area contributed by atoms with Crippen LogP contribution < -0.4 is 5.69 Å². The molecule has 2 aromatic rings. The van der Waals surface area contributed by atoms with E-state index in [-0.39, 0.29) is 23.3 Å². The van der Waals surface area contributed by atoms with Gasteiger partial charge in [-0.1, -0.05) is 0 Å². The van der Waals surface area contributed by atoms with Gasteiger partial charge in [0.2, 0.25) is 0 Å². The number of nitrogens with zero attached hydrogens (tertiary/aromatic N) is 4. The van der Waals surface area contributed by atoms with Crippen LogP contribution in [0.5, 0.6) is 0 Å². The molecule has 27 heavy (non-hydrogen) atoms. The van der Waals surface area contributed by atoms with E-state index in [2.05, 4.69) is 5.10 Å². The highest BCUT2D eigenvalue weighted by Gasteiger charge is 2.28. The van der Waals surface area contributed by atoms with Gasteiger partial charge in [-0.25, -0.2) is 13.9 Å². The molecule has 1 amide bonds. The number of aromatic nitrogens is 3. The molecule has 0 bridgehead atoms. The maximum atomic E-state index is 13.0. The minimum Gasteiger partial charge on any atom is -0.383 e. The number of ether oxygens (including phenoxy) is 1. The Bertz CT molecular complexity index is 836. The third-order valence-electron chi connectivity index (χ3n) is 5.01. The average molecular weight is 376 g/mol. The van der Waals surface area contributed by atoms with Crippen LogP contribution in [0.3, 0.4) is 0 Å². The van der Waals surface area contributed by atoms with Gasteiger partial charge in [-0.3, -0.25) is 9.36 Å². The molecule has 0 aliphatic carbocycles. The first-order valence-electron chi connectivity index (χ1n) is 9.26. The molecule has 0 spiro atoms. The number of hydrogen-bond acceptors (Lipinski definition) is 4. The third-order valence-corrected chi connectivity index (χ3v) is 5.01. The topological polar surface area (TPSA) is 69.4 Å². The molecule has 1 saturated heterocycles. The van der Waals surface area contributed by atoms with Crippen LogP contribution in [0.4, 0.5) is 4.39 Å². The summed E-state index contributed by atoms with van der Waals surface area (Å²) < 4.78 is 21.3. The van der Waals surface area contributed by atoms with Crippen LogP contribution in [0, 0.1) is 5.82 Å². The number of hydrogen-bond donors (Lipinski definition) is 0. The summed E-state index contributed by atoms with van der Waals surface area (Å²) in [6, 6.07) is 5.62. The van der Waals surface area contributed by atoms with Crippen molar-refractivity contribution in [1.29, 1.82) is 0 Å². The van der Waals surface area contributed by atoms with E-state index in [1.807, 2.05) is 6.92 Å². The van der Waals surface area contributed by atoms with E-state index in [4.69, 9.17) is 4.74 Å². The van der Waals surface area contributed by atoms with Crippen molar-refractivity contribution in [3.63, 3.8) is 0 Å². The molecule has 0 radical (unpaired) electrons. The van der Waals surface area contributed by atoms with Gasteiger partial charge >= 0.3 is 5.69 Å². The Morgan fingerprint density at radius 2 is 1.93 bits per heavy atom. The van der Waals surface area contributed by atoms with Crippen molar-refractivity contribution in [3.05, 3.63) is 52.0 Å². The van der Waals surface area contributed by atoms with Crippen LogP contribution in [0.1, 0.15) is 41.9 Å². The fraction of sp³-hybridized carbons (Fsp3) is 0.526. The minimum absolute atomic E-state index is 0.0908. The van der Waals surface area contributed by atoms with Crippen molar-refractivity contribution in [1.82, 2.24) is 19.2 Å². The minimum atomic E-state index is -0.355. The van der Waals surface area contributed by atoms with Crippen LogP contribution in [0.15, 0.2) is 29.1 Å². The second kappa shape index (κ2) is 8.47. The summed E-state index contributed by atoms with van der Waals surface area (Å²) in [7, 11) is 1.59. The zero-order valence-electron chi connectivity index (χ0n) is 15.7. The van der Waals surface area contributed by atoms with Gasteiger partial charge in [0.05, 0.1) is 13.2 Å². The number of halogens is 1. The lowest BCUT2D eigenvalue weighted by Crippen LogP contribution is -2.38. The molecule has 0 N–H and O–H groups in total.